The van der Waals surface area contributed by atoms with E-state index < -0.39 is 11.7 Å². The summed E-state index contributed by atoms with van der Waals surface area (Å²) in [7, 11) is 0. The van der Waals surface area contributed by atoms with Gasteiger partial charge in [0.25, 0.3) is 5.91 Å². The summed E-state index contributed by atoms with van der Waals surface area (Å²) >= 11 is 3.54. The molecule has 1 aromatic carbocycles. The molecule has 0 radical (unpaired) electrons. The summed E-state index contributed by atoms with van der Waals surface area (Å²) < 4.78 is 28.9. The zero-order chi connectivity index (χ0) is 24.6. The van der Waals surface area contributed by atoms with Crippen molar-refractivity contribution in [1.29, 1.82) is 0 Å². The molecule has 4 aromatic rings. The first-order chi connectivity index (χ1) is 16.2. The molecule has 11 heteroatoms. The fraction of sp³-hybridized carbons (Fsp3) is 0.304. The normalized spacial score (nSPS) is 11.1. The molecule has 0 saturated heterocycles. The van der Waals surface area contributed by atoms with Gasteiger partial charge in [-0.05, 0) is 62.7 Å². The summed E-state index contributed by atoms with van der Waals surface area (Å²) in [6.07, 6.45) is 0. The van der Waals surface area contributed by atoms with Gasteiger partial charge in [-0.3, -0.25) is 4.79 Å². The van der Waals surface area contributed by atoms with Crippen LogP contribution in [-0.2, 0) is 13.3 Å². The van der Waals surface area contributed by atoms with Crippen LogP contribution in [0.15, 0.2) is 33.3 Å². The molecule has 3 aromatic heterocycles. The first kappa shape index (κ1) is 23.7. The van der Waals surface area contributed by atoms with Crippen LogP contribution in [0.1, 0.15) is 44.6 Å². The van der Waals surface area contributed by atoms with Crippen LogP contribution >= 0.6 is 15.9 Å². The molecule has 0 bridgehead atoms. The maximum absolute atomic E-state index is 13.4. The van der Waals surface area contributed by atoms with Gasteiger partial charge in [-0.2, -0.15) is 10.2 Å². The standard InChI is InChI=1S/C23H24BrFN6O3/c1-12-20(24)14(3)30(27-12)11-31-15(4)21(13(2)28-31)26-23(32)22-19(16(5)34-29-22)10-33-18-8-6-7-17(25)9-18/h6-9H,10-11H2,1-5H3,(H,26,32). The Balaban J connectivity index is 1.53. The Kier molecular flexibility index (Phi) is 6.56. The zero-order valence-corrected chi connectivity index (χ0v) is 21.0. The van der Waals surface area contributed by atoms with E-state index in [9.17, 15) is 9.18 Å². The number of nitrogens with zero attached hydrogens (tertiary/aromatic N) is 5. The van der Waals surface area contributed by atoms with Gasteiger partial charge in [-0.15, -0.1) is 0 Å². The molecular weight excluding hydrogens is 507 g/mol. The lowest BCUT2D eigenvalue weighted by Gasteiger charge is -2.09. The number of halogens is 2. The van der Waals surface area contributed by atoms with E-state index in [0.717, 1.165) is 21.6 Å². The Hall–Kier alpha value is -3.47. The second kappa shape index (κ2) is 9.41. The van der Waals surface area contributed by atoms with Gasteiger partial charge in [-0.1, -0.05) is 11.2 Å². The highest BCUT2D eigenvalue weighted by Crippen LogP contribution is 2.24. The van der Waals surface area contributed by atoms with Gasteiger partial charge in [0.15, 0.2) is 5.69 Å². The molecule has 0 spiro atoms. The summed E-state index contributed by atoms with van der Waals surface area (Å²) in [4.78, 5) is 13.1. The van der Waals surface area contributed by atoms with E-state index in [1.54, 1.807) is 23.7 Å². The number of ether oxygens (including phenoxy) is 1. The first-order valence-corrected chi connectivity index (χ1v) is 11.3. The number of carbonyl (C=O) groups is 1. The monoisotopic (exact) mass is 530 g/mol. The quantitative estimate of drug-likeness (QED) is 0.366. The van der Waals surface area contributed by atoms with E-state index in [0.29, 0.717) is 35.1 Å². The smallest absolute Gasteiger partial charge is 0.278 e. The van der Waals surface area contributed by atoms with Crippen molar-refractivity contribution in [2.75, 3.05) is 5.32 Å². The first-order valence-electron chi connectivity index (χ1n) is 10.5. The molecule has 178 valence electrons. The van der Waals surface area contributed by atoms with E-state index >= 15 is 0 Å². The molecule has 0 saturated carbocycles. The molecular formula is C23H24BrFN6O3. The largest absolute Gasteiger partial charge is 0.489 e. The summed E-state index contributed by atoms with van der Waals surface area (Å²) in [6.45, 7) is 9.68. The number of aryl methyl sites for hydroxylation is 3. The van der Waals surface area contributed by atoms with E-state index in [1.807, 2.05) is 32.4 Å². The molecule has 0 aliphatic rings. The third kappa shape index (κ3) is 4.60. The molecule has 34 heavy (non-hydrogen) atoms. The maximum atomic E-state index is 13.4. The predicted octanol–water partition coefficient (Wildman–Crippen LogP) is 4.85. The molecule has 1 amide bonds. The molecule has 4 rings (SSSR count). The minimum atomic E-state index is -0.450. The van der Waals surface area contributed by atoms with Crippen LogP contribution in [0.2, 0.25) is 0 Å². The number of rotatable bonds is 7. The highest BCUT2D eigenvalue weighted by atomic mass is 79.9. The maximum Gasteiger partial charge on any atom is 0.278 e. The number of anilines is 1. The van der Waals surface area contributed by atoms with E-state index in [-0.39, 0.29) is 12.3 Å². The Labute approximate surface area is 204 Å². The third-order valence-electron chi connectivity index (χ3n) is 5.56. The van der Waals surface area contributed by atoms with Gasteiger partial charge < -0.3 is 14.6 Å². The number of carbonyl (C=O) groups excluding carboxylic acids is 1. The van der Waals surface area contributed by atoms with Crippen LogP contribution in [0.4, 0.5) is 10.1 Å². The van der Waals surface area contributed by atoms with Crippen LogP contribution in [-0.4, -0.2) is 30.6 Å². The lowest BCUT2D eigenvalue weighted by Crippen LogP contribution is -2.17. The molecule has 9 nitrogen and oxygen atoms in total. The number of benzene rings is 1. The van der Waals surface area contributed by atoms with Crippen LogP contribution < -0.4 is 10.1 Å². The molecule has 3 heterocycles. The van der Waals surface area contributed by atoms with Crippen molar-refractivity contribution in [3.05, 3.63) is 74.3 Å². The predicted molar refractivity (Wildman–Crippen MR) is 126 cm³/mol. The highest BCUT2D eigenvalue weighted by molar-refractivity contribution is 9.10. The lowest BCUT2D eigenvalue weighted by atomic mass is 10.2. The second-order valence-electron chi connectivity index (χ2n) is 7.94. The van der Waals surface area contributed by atoms with Crippen molar-refractivity contribution >= 4 is 27.5 Å². The Morgan fingerprint density at radius 3 is 2.50 bits per heavy atom. The topological polar surface area (TPSA) is 100 Å². The van der Waals surface area contributed by atoms with Crippen LogP contribution in [0.25, 0.3) is 0 Å². The molecule has 0 aliphatic heterocycles. The van der Waals surface area contributed by atoms with Gasteiger partial charge in [0.05, 0.1) is 38.5 Å². The molecule has 0 unspecified atom stereocenters. The summed E-state index contributed by atoms with van der Waals surface area (Å²) in [5.74, 6) is -0.0703. The zero-order valence-electron chi connectivity index (χ0n) is 19.4. The lowest BCUT2D eigenvalue weighted by molar-refractivity contribution is 0.101. The average Bonchev–Trinajstić information content (AvgIpc) is 3.38. The van der Waals surface area contributed by atoms with Crippen molar-refractivity contribution in [3.63, 3.8) is 0 Å². The molecule has 0 atom stereocenters. The Morgan fingerprint density at radius 2 is 1.82 bits per heavy atom. The van der Waals surface area contributed by atoms with Gasteiger partial charge in [0, 0.05) is 6.07 Å². The third-order valence-corrected chi connectivity index (χ3v) is 6.71. The van der Waals surface area contributed by atoms with Crippen LogP contribution in [0, 0.1) is 40.4 Å². The van der Waals surface area contributed by atoms with Gasteiger partial charge in [0.2, 0.25) is 0 Å². The minimum Gasteiger partial charge on any atom is -0.489 e. The van der Waals surface area contributed by atoms with Crippen LogP contribution in [0.5, 0.6) is 5.75 Å². The molecule has 0 fully saturated rings. The number of nitrogens with one attached hydrogen (secondary N) is 1. The summed E-state index contributed by atoms with van der Waals surface area (Å²) in [5, 5.41) is 15.9. The van der Waals surface area contributed by atoms with Crippen molar-refractivity contribution in [1.82, 2.24) is 24.7 Å². The molecule has 1 N–H and O–H groups in total. The Morgan fingerprint density at radius 1 is 1.12 bits per heavy atom. The van der Waals surface area contributed by atoms with Crippen molar-refractivity contribution in [2.45, 2.75) is 47.9 Å². The van der Waals surface area contributed by atoms with Crippen LogP contribution in [0.3, 0.4) is 0 Å². The number of hydrogen-bond donors (Lipinski definition) is 1. The highest BCUT2D eigenvalue weighted by Gasteiger charge is 2.23. The van der Waals surface area contributed by atoms with Gasteiger partial charge in [-0.25, -0.2) is 13.8 Å². The van der Waals surface area contributed by atoms with Gasteiger partial charge >= 0.3 is 0 Å². The van der Waals surface area contributed by atoms with Crippen molar-refractivity contribution in [2.24, 2.45) is 0 Å². The molecule has 0 aliphatic carbocycles. The minimum absolute atomic E-state index is 0.00553. The summed E-state index contributed by atoms with van der Waals surface area (Å²) in [6, 6.07) is 5.78. The Bertz CT molecular complexity index is 1370. The van der Waals surface area contributed by atoms with E-state index in [1.165, 1.54) is 12.1 Å². The number of aromatic nitrogens is 5. The van der Waals surface area contributed by atoms with Gasteiger partial charge in [0.1, 0.15) is 30.6 Å². The SMILES string of the molecule is Cc1nn(Cn2nc(C)c(NC(=O)c3noc(C)c3COc3cccc(F)c3)c2C)c(C)c1Br. The van der Waals surface area contributed by atoms with E-state index in [4.69, 9.17) is 9.26 Å². The number of hydrogen-bond acceptors (Lipinski definition) is 6. The fourth-order valence-electron chi connectivity index (χ4n) is 3.58. The van der Waals surface area contributed by atoms with Crippen molar-refractivity contribution in [3.8, 4) is 5.75 Å². The van der Waals surface area contributed by atoms with Crippen molar-refractivity contribution < 1.29 is 18.4 Å². The fourth-order valence-corrected chi connectivity index (χ4v) is 3.86. The van der Waals surface area contributed by atoms with E-state index in [2.05, 4.69) is 36.6 Å². The number of amides is 1. The second-order valence-corrected chi connectivity index (χ2v) is 8.73. The average molecular weight is 531 g/mol. The summed E-state index contributed by atoms with van der Waals surface area (Å²) in [5.41, 5.74) is 4.47.